The van der Waals surface area contributed by atoms with Gasteiger partial charge in [-0.15, -0.1) is 10.2 Å². The Bertz CT molecular complexity index is 1400. The Hall–Kier alpha value is -4.51. The summed E-state index contributed by atoms with van der Waals surface area (Å²) in [6.07, 6.45) is 1.51. The zero-order valence-corrected chi connectivity index (χ0v) is 22.2. The predicted octanol–water partition coefficient (Wildman–Crippen LogP) is 4.21. The molecule has 4 rings (SSSR count). The first-order valence-corrected chi connectivity index (χ1v) is 12.5. The quantitative estimate of drug-likeness (QED) is 0.174. The number of carbonyl (C=O) groups is 1. The molecule has 1 N–H and O–H groups in total. The van der Waals surface area contributed by atoms with Crippen LogP contribution in [0.4, 0.5) is 0 Å². The van der Waals surface area contributed by atoms with E-state index in [0.717, 1.165) is 22.7 Å². The first-order chi connectivity index (χ1) is 18.6. The van der Waals surface area contributed by atoms with Crippen LogP contribution in [0.3, 0.4) is 0 Å². The van der Waals surface area contributed by atoms with Crippen LogP contribution in [0, 0.1) is 0 Å². The van der Waals surface area contributed by atoms with Crippen molar-refractivity contribution in [1.29, 1.82) is 0 Å². The van der Waals surface area contributed by atoms with Gasteiger partial charge in [0.05, 0.1) is 40.4 Å². The van der Waals surface area contributed by atoms with E-state index in [4.69, 9.17) is 18.9 Å². The molecule has 0 saturated carbocycles. The Labute approximate surface area is 224 Å². The Morgan fingerprint density at radius 1 is 0.868 bits per heavy atom. The maximum Gasteiger partial charge on any atom is 0.250 e. The number of carbonyl (C=O) groups excluding carboxylic acids is 1. The largest absolute Gasteiger partial charge is 0.497 e. The molecule has 0 aliphatic carbocycles. The van der Waals surface area contributed by atoms with Crippen molar-refractivity contribution >= 4 is 23.9 Å². The standard InChI is InChI=1S/C27H27N5O5S/c1-34-21-9-5-18(6-10-21)26-30-31-27(32(26)20-7-11-22(35-2)12-8-20)38-17-25(33)29-28-16-19-15-23(36-3)13-14-24(19)37-4/h5-16H,17H2,1-4H3,(H,29,33)/b28-16-. The summed E-state index contributed by atoms with van der Waals surface area (Å²) in [4.78, 5) is 12.6. The van der Waals surface area contributed by atoms with Crippen molar-refractivity contribution in [3.05, 3.63) is 72.3 Å². The molecule has 1 heterocycles. The van der Waals surface area contributed by atoms with Crippen LogP contribution in [0.1, 0.15) is 5.56 Å². The molecule has 0 unspecified atom stereocenters. The zero-order chi connectivity index (χ0) is 26.9. The molecule has 11 heteroatoms. The van der Waals surface area contributed by atoms with Crippen molar-refractivity contribution < 1.29 is 23.7 Å². The lowest BCUT2D eigenvalue weighted by Gasteiger charge is -2.11. The zero-order valence-electron chi connectivity index (χ0n) is 21.4. The molecule has 38 heavy (non-hydrogen) atoms. The summed E-state index contributed by atoms with van der Waals surface area (Å²) in [6, 6.07) is 20.4. The second-order valence-corrected chi connectivity index (χ2v) is 8.70. The summed E-state index contributed by atoms with van der Waals surface area (Å²) in [5, 5.41) is 13.4. The van der Waals surface area contributed by atoms with E-state index in [-0.39, 0.29) is 11.7 Å². The highest BCUT2D eigenvalue weighted by atomic mass is 32.2. The van der Waals surface area contributed by atoms with Crippen LogP contribution in [0.2, 0.25) is 0 Å². The number of hydrazone groups is 1. The van der Waals surface area contributed by atoms with Crippen molar-refractivity contribution in [1.82, 2.24) is 20.2 Å². The van der Waals surface area contributed by atoms with E-state index in [1.54, 1.807) is 46.6 Å². The molecule has 0 aliphatic rings. The number of benzene rings is 3. The fourth-order valence-electron chi connectivity index (χ4n) is 3.53. The smallest absolute Gasteiger partial charge is 0.250 e. The van der Waals surface area contributed by atoms with Gasteiger partial charge in [0.25, 0.3) is 5.91 Å². The fraction of sp³-hybridized carbons (Fsp3) is 0.185. The molecular weight excluding hydrogens is 506 g/mol. The molecule has 1 aromatic heterocycles. The molecule has 0 saturated heterocycles. The van der Waals surface area contributed by atoms with Crippen LogP contribution in [0.5, 0.6) is 23.0 Å². The Balaban J connectivity index is 1.52. The number of methoxy groups -OCH3 is 4. The summed E-state index contributed by atoms with van der Waals surface area (Å²) < 4.78 is 23.0. The lowest BCUT2D eigenvalue weighted by molar-refractivity contribution is -0.118. The molecule has 10 nitrogen and oxygen atoms in total. The second-order valence-electron chi connectivity index (χ2n) is 7.76. The number of nitrogens with zero attached hydrogens (tertiary/aromatic N) is 4. The topological polar surface area (TPSA) is 109 Å². The van der Waals surface area contributed by atoms with Crippen LogP contribution in [-0.2, 0) is 4.79 Å². The molecule has 1 amide bonds. The maximum atomic E-state index is 12.6. The molecule has 0 bridgehead atoms. The molecule has 4 aromatic rings. The highest BCUT2D eigenvalue weighted by Gasteiger charge is 2.17. The molecule has 0 spiro atoms. The molecule has 0 fully saturated rings. The minimum atomic E-state index is -0.302. The van der Waals surface area contributed by atoms with Gasteiger partial charge >= 0.3 is 0 Å². The van der Waals surface area contributed by atoms with Crippen LogP contribution in [0.15, 0.2) is 77.0 Å². The summed E-state index contributed by atoms with van der Waals surface area (Å²) >= 11 is 1.25. The lowest BCUT2D eigenvalue weighted by atomic mass is 10.2. The van der Waals surface area contributed by atoms with Crippen LogP contribution < -0.4 is 24.4 Å². The Kier molecular flexibility index (Phi) is 8.83. The van der Waals surface area contributed by atoms with Gasteiger partial charge in [-0.2, -0.15) is 5.10 Å². The number of amides is 1. The van der Waals surface area contributed by atoms with E-state index in [1.165, 1.54) is 18.0 Å². The summed E-state index contributed by atoms with van der Waals surface area (Å²) in [5.41, 5.74) is 4.89. The molecule has 196 valence electrons. The predicted molar refractivity (Wildman–Crippen MR) is 146 cm³/mol. The van der Waals surface area contributed by atoms with Crippen LogP contribution >= 0.6 is 11.8 Å². The van der Waals surface area contributed by atoms with Gasteiger partial charge in [-0.1, -0.05) is 11.8 Å². The molecular formula is C27H27N5O5S. The minimum Gasteiger partial charge on any atom is -0.497 e. The van der Waals surface area contributed by atoms with Crippen molar-refractivity contribution in [2.45, 2.75) is 5.16 Å². The first kappa shape index (κ1) is 26.6. The minimum absolute atomic E-state index is 0.0729. The number of thioether (sulfide) groups is 1. The number of aromatic nitrogens is 3. The number of hydrogen-bond acceptors (Lipinski definition) is 9. The fourth-order valence-corrected chi connectivity index (χ4v) is 4.28. The maximum absolute atomic E-state index is 12.6. The summed E-state index contributed by atoms with van der Waals surface area (Å²) in [7, 11) is 6.37. The van der Waals surface area contributed by atoms with E-state index in [2.05, 4.69) is 20.7 Å². The van der Waals surface area contributed by atoms with E-state index in [0.29, 0.717) is 28.0 Å². The van der Waals surface area contributed by atoms with Gasteiger partial charge in [-0.3, -0.25) is 9.36 Å². The third kappa shape index (κ3) is 6.24. The average Bonchev–Trinajstić information content (AvgIpc) is 3.40. The summed E-state index contributed by atoms with van der Waals surface area (Å²) in [6.45, 7) is 0. The van der Waals surface area contributed by atoms with Gasteiger partial charge in [0.1, 0.15) is 23.0 Å². The van der Waals surface area contributed by atoms with Crippen LogP contribution in [0.25, 0.3) is 17.1 Å². The van der Waals surface area contributed by atoms with Crippen molar-refractivity contribution in [3.63, 3.8) is 0 Å². The van der Waals surface area contributed by atoms with Crippen LogP contribution in [-0.4, -0.2) is 61.1 Å². The summed E-state index contributed by atoms with van der Waals surface area (Å²) in [5.74, 6) is 3.13. The number of rotatable bonds is 11. The van der Waals surface area contributed by atoms with Gasteiger partial charge in [-0.25, -0.2) is 5.43 Å². The lowest BCUT2D eigenvalue weighted by Crippen LogP contribution is -2.20. The van der Waals surface area contributed by atoms with Gasteiger partial charge in [0, 0.05) is 16.8 Å². The van der Waals surface area contributed by atoms with Gasteiger partial charge in [-0.05, 0) is 66.7 Å². The molecule has 0 radical (unpaired) electrons. The molecule has 0 aliphatic heterocycles. The SMILES string of the molecule is COc1ccc(-c2nnc(SCC(=O)N/N=C\c3cc(OC)ccc3OC)n2-c2ccc(OC)cc2)cc1. The number of hydrogen-bond donors (Lipinski definition) is 1. The van der Waals surface area contributed by atoms with Crippen molar-refractivity contribution in [2.75, 3.05) is 34.2 Å². The number of ether oxygens (including phenoxy) is 4. The highest BCUT2D eigenvalue weighted by molar-refractivity contribution is 7.99. The van der Waals surface area contributed by atoms with Gasteiger partial charge < -0.3 is 18.9 Å². The third-order valence-corrected chi connectivity index (χ3v) is 6.40. The molecule has 3 aromatic carbocycles. The number of nitrogens with one attached hydrogen (secondary N) is 1. The van der Waals surface area contributed by atoms with E-state index in [1.807, 2.05) is 53.1 Å². The van der Waals surface area contributed by atoms with Gasteiger partial charge in [0.15, 0.2) is 11.0 Å². The first-order valence-electron chi connectivity index (χ1n) is 11.5. The average molecular weight is 534 g/mol. The highest BCUT2D eigenvalue weighted by Crippen LogP contribution is 2.30. The second kappa shape index (κ2) is 12.6. The monoisotopic (exact) mass is 533 g/mol. The van der Waals surface area contributed by atoms with E-state index >= 15 is 0 Å². The van der Waals surface area contributed by atoms with E-state index in [9.17, 15) is 4.79 Å². The Morgan fingerprint density at radius 2 is 1.50 bits per heavy atom. The third-order valence-electron chi connectivity index (χ3n) is 5.47. The molecule has 0 atom stereocenters. The normalized spacial score (nSPS) is 10.8. The Morgan fingerprint density at radius 3 is 2.13 bits per heavy atom. The van der Waals surface area contributed by atoms with Crippen molar-refractivity contribution in [3.8, 4) is 40.1 Å². The van der Waals surface area contributed by atoms with Crippen molar-refractivity contribution in [2.24, 2.45) is 5.10 Å². The van der Waals surface area contributed by atoms with Gasteiger partial charge in [0.2, 0.25) is 0 Å². The van der Waals surface area contributed by atoms with E-state index < -0.39 is 0 Å².